The van der Waals surface area contributed by atoms with Gasteiger partial charge in [-0.1, -0.05) is 18.2 Å². The molecule has 0 spiro atoms. The summed E-state index contributed by atoms with van der Waals surface area (Å²) in [5.74, 6) is 0.732. The highest BCUT2D eigenvalue weighted by atomic mass is 32.2. The molecule has 0 bridgehead atoms. The van der Waals surface area contributed by atoms with Crippen LogP contribution in [0.3, 0.4) is 0 Å². The van der Waals surface area contributed by atoms with E-state index < -0.39 is 0 Å². The van der Waals surface area contributed by atoms with Crippen LogP contribution in [0, 0.1) is 5.92 Å². The molecule has 1 aliphatic rings. The molecule has 1 atom stereocenters. The van der Waals surface area contributed by atoms with Gasteiger partial charge in [0.15, 0.2) is 0 Å². The number of carbonyl (C=O) groups is 2. The fourth-order valence-corrected chi connectivity index (χ4v) is 3.20. The average Bonchev–Trinajstić information content (AvgIpc) is 2.87. The van der Waals surface area contributed by atoms with E-state index in [1.165, 1.54) is 4.90 Å². The number of thioether (sulfide) groups is 1. The first kappa shape index (κ1) is 15.9. The summed E-state index contributed by atoms with van der Waals surface area (Å²) in [4.78, 5) is 26.8. The molecule has 1 heterocycles. The van der Waals surface area contributed by atoms with E-state index in [0.29, 0.717) is 19.5 Å². The molecular weight excluding hydrogens is 284 g/mol. The maximum Gasteiger partial charge on any atom is 0.225 e. The standard InChI is InChI=1S/C16H22N2O2S/c1-12(2)18-11-13(10-15(18)19)16(20)17-8-9-21-14-6-4-3-5-7-14/h3-7,12-13H,8-11H2,1-2H3,(H,17,20). The first-order valence-electron chi connectivity index (χ1n) is 7.33. The summed E-state index contributed by atoms with van der Waals surface area (Å²) in [6.45, 7) is 5.14. The fraction of sp³-hybridized carbons (Fsp3) is 0.500. The van der Waals surface area contributed by atoms with E-state index in [1.807, 2.05) is 32.0 Å². The number of nitrogens with one attached hydrogen (secondary N) is 1. The Hall–Kier alpha value is -1.49. The zero-order valence-electron chi connectivity index (χ0n) is 12.5. The van der Waals surface area contributed by atoms with Crippen LogP contribution in [0.5, 0.6) is 0 Å². The van der Waals surface area contributed by atoms with Crippen LogP contribution in [0.1, 0.15) is 20.3 Å². The van der Waals surface area contributed by atoms with Crippen molar-refractivity contribution in [1.82, 2.24) is 10.2 Å². The highest BCUT2D eigenvalue weighted by molar-refractivity contribution is 7.99. The smallest absolute Gasteiger partial charge is 0.225 e. The molecule has 114 valence electrons. The second-order valence-electron chi connectivity index (χ2n) is 5.49. The lowest BCUT2D eigenvalue weighted by Crippen LogP contribution is -2.36. The summed E-state index contributed by atoms with van der Waals surface area (Å²) in [6.07, 6.45) is 0.343. The van der Waals surface area contributed by atoms with Gasteiger partial charge in [-0.25, -0.2) is 0 Å². The van der Waals surface area contributed by atoms with Gasteiger partial charge >= 0.3 is 0 Å². The third-order valence-electron chi connectivity index (χ3n) is 3.57. The minimum atomic E-state index is -0.193. The van der Waals surface area contributed by atoms with Crippen LogP contribution in [-0.4, -0.2) is 41.6 Å². The molecule has 0 aromatic heterocycles. The molecule has 0 saturated carbocycles. The minimum Gasteiger partial charge on any atom is -0.355 e. The number of likely N-dealkylation sites (tertiary alicyclic amines) is 1. The van der Waals surface area contributed by atoms with Crippen LogP contribution in [0.4, 0.5) is 0 Å². The van der Waals surface area contributed by atoms with Crippen molar-refractivity contribution in [2.45, 2.75) is 31.2 Å². The Morgan fingerprint density at radius 2 is 2.10 bits per heavy atom. The molecule has 1 aliphatic heterocycles. The highest BCUT2D eigenvalue weighted by Crippen LogP contribution is 2.20. The van der Waals surface area contributed by atoms with Gasteiger partial charge in [0.25, 0.3) is 0 Å². The van der Waals surface area contributed by atoms with Crippen LogP contribution < -0.4 is 5.32 Å². The number of carbonyl (C=O) groups excluding carboxylic acids is 2. The number of rotatable bonds is 6. The third-order valence-corrected chi connectivity index (χ3v) is 4.58. The summed E-state index contributed by atoms with van der Waals surface area (Å²) >= 11 is 1.72. The van der Waals surface area contributed by atoms with Crippen LogP contribution in [0.15, 0.2) is 35.2 Å². The molecule has 0 aliphatic carbocycles. The van der Waals surface area contributed by atoms with E-state index in [1.54, 1.807) is 16.7 Å². The molecule has 0 radical (unpaired) electrons. The van der Waals surface area contributed by atoms with Crippen molar-refractivity contribution in [1.29, 1.82) is 0 Å². The molecule has 1 fully saturated rings. The molecule has 1 N–H and O–H groups in total. The van der Waals surface area contributed by atoms with Crippen molar-refractivity contribution in [3.05, 3.63) is 30.3 Å². The number of hydrogen-bond acceptors (Lipinski definition) is 3. The van der Waals surface area contributed by atoms with Crippen molar-refractivity contribution < 1.29 is 9.59 Å². The molecular formula is C16H22N2O2S. The Balaban J connectivity index is 1.70. The number of nitrogens with zero attached hydrogens (tertiary/aromatic N) is 1. The number of benzene rings is 1. The second kappa shape index (κ2) is 7.50. The van der Waals surface area contributed by atoms with Crippen molar-refractivity contribution in [3.63, 3.8) is 0 Å². The van der Waals surface area contributed by atoms with E-state index in [-0.39, 0.29) is 23.8 Å². The number of amides is 2. The Morgan fingerprint density at radius 1 is 1.38 bits per heavy atom. The average molecular weight is 306 g/mol. The van der Waals surface area contributed by atoms with Crippen LogP contribution in [0.25, 0.3) is 0 Å². The Labute approximate surface area is 130 Å². The van der Waals surface area contributed by atoms with Crippen molar-refractivity contribution in [3.8, 4) is 0 Å². The maximum atomic E-state index is 12.1. The zero-order chi connectivity index (χ0) is 15.2. The van der Waals surface area contributed by atoms with Crippen molar-refractivity contribution in [2.24, 2.45) is 5.92 Å². The van der Waals surface area contributed by atoms with Crippen molar-refractivity contribution >= 4 is 23.6 Å². The first-order valence-corrected chi connectivity index (χ1v) is 8.31. The van der Waals surface area contributed by atoms with E-state index in [2.05, 4.69) is 17.4 Å². The molecule has 5 heteroatoms. The predicted molar refractivity (Wildman–Crippen MR) is 85.1 cm³/mol. The lowest BCUT2D eigenvalue weighted by Gasteiger charge is -2.20. The molecule has 1 unspecified atom stereocenters. The van der Waals surface area contributed by atoms with Gasteiger partial charge in [-0.15, -0.1) is 11.8 Å². The van der Waals surface area contributed by atoms with E-state index in [0.717, 1.165) is 5.75 Å². The lowest BCUT2D eigenvalue weighted by atomic mass is 10.1. The monoisotopic (exact) mass is 306 g/mol. The van der Waals surface area contributed by atoms with Gasteiger partial charge in [0.05, 0.1) is 5.92 Å². The van der Waals surface area contributed by atoms with E-state index >= 15 is 0 Å². The second-order valence-corrected chi connectivity index (χ2v) is 6.66. The normalized spacial score (nSPS) is 18.3. The van der Waals surface area contributed by atoms with Crippen LogP contribution >= 0.6 is 11.8 Å². The SMILES string of the molecule is CC(C)N1CC(C(=O)NCCSc2ccccc2)CC1=O. The van der Waals surface area contributed by atoms with Gasteiger partial charge in [-0.3, -0.25) is 9.59 Å². The Bertz CT molecular complexity index is 490. The van der Waals surface area contributed by atoms with Crippen LogP contribution in [0.2, 0.25) is 0 Å². The van der Waals surface area contributed by atoms with Gasteiger partial charge < -0.3 is 10.2 Å². The topological polar surface area (TPSA) is 49.4 Å². The lowest BCUT2D eigenvalue weighted by molar-refractivity contribution is -0.129. The Morgan fingerprint density at radius 3 is 2.71 bits per heavy atom. The summed E-state index contributed by atoms with van der Waals surface area (Å²) < 4.78 is 0. The first-order chi connectivity index (χ1) is 10.1. The fourth-order valence-electron chi connectivity index (χ4n) is 2.41. The van der Waals surface area contributed by atoms with Crippen molar-refractivity contribution in [2.75, 3.05) is 18.8 Å². The van der Waals surface area contributed by atoms with E-state index in [4.69, 9.17) is 0 Å². The van der Waals surface area contributed by atoms with Gasteiger partial charge in [0.1, 0.15) is 0 Å². The molecule has 1 aromatic rings. The largest absolute Gasteiger partial charge is 0.355 e. The Kier molecular flexibility index (Phi) is 5.67. The molecule has 2 amide bonds. The van der Waals surface area contributed by atoms with E-state index in [9.17, 15) is 9.59 Å². The van der Waals surface area contributed by atoms with Gasteiger partial charge in [0.2, 0.25) is 11.8 Å². The summed E-state index contributed by atoms with van der Waals surface area (Å²) in [5, 5.41) is 2.94. The highest BCUT2D eigenvalue weighted by Gasteiger charge is 2.35. The third kappa shape index (κ3) is 4.49. The molecule has 21 heavy (non-hydrogen) atoms. The minimum absolute atomic E-state index is 0.000150. The summed E-state index contributed by atoms with van der Waals surface area (Å²) in [6, 6.07) is 10.3. The molecule has 1 saturated heterocycles. The van der Waals surface area contributed by atoms with Gasteiger partial charge in [0, 0.05) is 36.2 Å². The molecule has 2 rings (SSSR count). The van der Waals surface area contributed by atoms with Gasteiger partial charge in [-0.05, 0) is 26.0 Å². The number of hydrogen-bond donors (Lipinski definition) is 1. The predicted octanol–water partition coefficient (Wildman–Crippen LogP) is 2.15. The molecule has 4 nitrogen and oxygen atoms in total. The van der Waals surface area contributed by atoms with Crippen LogP contribution in [-0.2, 0) is 9.59 Å². The zero-order valence-corrected chi connectivity index (χ0v) is 13.4. The quantitative estimate of drug-likeness (QED) is 0.647. The summed E-state index contributed by atoms with van der Waals surface area (Å²) in [5.41, 5.74) is 0. The van der Waals surface area contributed by atoms with Gasteiger partial charge in [-0.2, -0.15) is 0 Å². The maximum absolute atomic E-state index is 12.1. The molecule has 1 aromatic carbocycles. The summed E-state index contributed by atoms with van der Waals surface area (Å²) in [7, 11) is 0.